The van der Waals surface area contributed by atoms with Crippen LogP contribution in [-0.2, 0) is 33.0 Å². The molecule has 0 unspecified atom stereocenters. The van der Waals surface area contributed by atoms with Gasteiger partial charge in [-0.15, -0.1) is 0 Å². The Morgan fingerprint density at radius 3 is 2.02 bits per heavy atom. The van der Waals surface area contributed by atoms with Crippen molar-refractivity contribution in [2.45, 2.75) is 124 Å². The third-order valence-corrected chi connectivity index (χ3v) is 15.3. The number of halogens is 1. The summed E-state index contributed by atoms with van der Waals surface area (Å²) in [5.74, 6) is -0.132. The molecule has 0 N–H and O–H groups in total. The quantitative estimate of drug-likeness (QED) is 0.0136. The lowest BCUT2D eigenvalue weighted by molar-refractivity contribution is -0.151. The third-order valence-electron chi connectivity index (χ3n) is 9.85. The van der Waals surface area contributed by atoms with Gasteiger partial charge in [0.05, 0.1) is 24.2 Å². The van der Waals surface area contributed by atoms with Crippen LogP contribution in [0.4, 0.5) is 0 Å². The van der Waals surface area contributed by atoms with E-state index < -0.39 is 19.8 Å². The van der Waals surface area contributed by atoms with Crippen molar-refractivity contribution in [1.82, 2.24) is 0 Å². The number of allylic oxidation sites excluding steroid dienone is 4. The summed E-state index contributed by atoms with van der Waals surface area (Å²) in [5, 5.41) is 2.48. The zero-order chi connectivity index (χ0) is 43.0. The molecule has 0 aliphatic rings. The number of unbranched alkanes of at least 4 members (excludes halogenated alkanes) is 1. The molecule has 2 aromatic rings. The normalized spacial score (nSPS) is 15.6. The molecule has 0 radical (unpaired) electrons. The van der Waals surface area contributed by atoms with Crippen LogP contribution in [0.15, 0.2) is 118 Å². The predicted molar refractivity (Wildman–Crippen MR) is 251 cm³/mol. The van der Waals surface area contributed by atoms with Crippen LogP contribution in [0.3, 0.4) is 0 Å². The van der Waals surface area contributed by atoms with Crippen LogP contribution in [0, 0.1) is 11.3 Å². The van der Waals surface area contributed by atoms with E-state index in [0.717, 1.165) is 37.5 Å². The van der Waals surface area contributed by atoms with Crippen LogP contribution in [-0.4, -0.2) is 66.0 Å². The molecule has 0 amide bonds. The van der Waals surface area contributed by atoms with Gasteiger partial charge in [-0.2, -0.15) is 0 Å². The Labute approximate surface area is 365 Å². The van der Waals surface area contributed by atoms with Crippen molar-refractivity contribution >= 4 is 53.5 Å². The summed E-state index contributed by atoms with van der Waals surface area (Å²) >= 11 is 2.31. The predicted octanol–water partition coefficient (Wildman–Crippen LogP) is 11.0. The van der Waals surface area contributed by atoms with E-state index in [-0.39, 0.29) is 42.5 Å². The minimum atomic E-state index is -2.68. The minimum Gasteiger partial charge on any atom is -0.461 e. The Morgan fingerprint density at radius 1 is 0.828 bits per heavy atom. The molecular formula is C49H71IO7Si. The highest BCUT2D eigenvalue weighted by Gasteiger charge is 2.51. The lowest BCUT2D eigenvalue weighted by Crippen LogP contribution is -2.67. The summed E-state index contributed by atoms with van der Waals surface area (Å²) < 4.78 is 31.9. The van der Waals surface area contributed by atoms with Crippen LogP contribution in [0.1, 0.15) is 101 Å². The highest BCUT2D eigenvalue weighted by Crippen LogP contribution is 2.38. The molecule has 0 bridgehead atoms. The summed E-state index contributed by atoms with van der Waals surface area (Å²) in [4.78, 5) is 23.7. The highest BCUT2D eigenvalue weighted by molar-refractivity contribution is 14.1. The molecular weight excluding hydrogens is 856 g/mol. The van der Waals surface area contributed by atoms with E-state index >= 15 is 0 Å². The molecule has 2 aromatic carbocycles. The average molecular weight is 927 g/mol. The van der Waals surface area contributed by atoms with Crippen LogP contribution < -0.4 is 10.4 Å². The van der Waals surface area contributed by atoms with E-state index in [1.165, 1.54) is 23.1 Å². The first kappa shape index (κ1) is 51.2. The highest BCUT2D eigenvalue weighted by atomic mass is 127. The van der Waals surface area contributed by atoms with Crippen molar-refractivity contribution in [2.75, 3.05) is 27.1 Å². The molecule has 2 rings (SSSR count). The maximum atomic E-state index is 12.4. The van der Waals surface area contributed by atoms with Gasteiger partial charge in [-0.1, -0.05) is 159 Å². The summed E-state index contributed by atoms with van der Waals surface area (Å²) in [6, 6.07) is 21.6. The molecule has 0 aliphatic carbocycles. The van der Waals surface area contributed by atoms with Crippen molar-refractivity contribution in [2.24, 2.45) is 11.3 Å². The van der Waals surface area contributed by atoms with E-state index in [1.807, 2.05) is 39.8 Å². The number of carbonyl (C=O) groups is 2. The first-order valence-corrected chi connectivity index (χ1v) is 23.8. The Morgan fingerprint density at radius 2 is 1.47 bits per heavy atom. The number of rotatable bonds is 26. The van der Waals surface area contributed by atoms with E-state index in [4.69, 9.17) is 23.4 Å². The summed E-state index contributed by atoms with van der Waals surface area (Å²) in [6.45, 7) is 19.7. The molecule has 320 valence electrons. The smallest absolute Gasteiger partial charge is 0.311 e. The topological polar surface area (TPSA) is 80.3 Å². The first-order valence-electron chi connectivity index (χ1n) is 20.6. The van der Waals surface area contributed by atoms with Gasteiger partial charge in [0.1, 0.15) is 25.8 Å². The monoisotopic (exact) mass is 926 g/mol. The minimum absolute atomic E-state index is 0.0185. The molecule has 0 saturated carbocycles. The first-order chi connectivity index (χ1) is 27.6. The Balaban J connectivity index is 2.13. The van der Waals surface area contributed by atoms with E-state index in [0.29, 0.717) is 19.4 Å². The average Bonchev–Trinajstić information content (AvgIpc) is 3.18. The molecule has 9 heteroatoms. The SMILES string of the molecule is COCO[C@H](C=O)CC/C=C/C=C(\C)C[C@@H](OC/C=C/CCC[C@@H](/C=C/I)O[Si](c1ccccc1)(c1ccccc1)C(C)(C)C)[C@H](C)/C=C(\C)COC(=O)C(C)(C)C. The molecule has 0 aliphatic heterocycles. The van der Waals surface area contributed by atoms with Gasteiger partial charge in [0, 0.05) is 13.0 Å². The van der Waals surface area contributed by atoms with Crippen LogP contribution in [0.5, 0.6) is 0 Å². The summed E-state index contributed by atoms with van der Waals surface area (Å²) in [6.07, 6.45) is 20.0. The lowest BCUT2D eigenvalue weighted by atomic mass is 9.95. The Hall–Kier alpha value is -2.93. The van der Waals surface area contributed by atoms with Crippen molar-refractivity contribution in [3.8, 4) is 0 Å². The molecule has 0 heterocycles. The van der Waals surface area contributed by atoms with Gasteiger partial charge in [-0.25, -0.2) is 0 Å². The van der Waals surface area contributed by atoms with Crippen molar-refractivity contribution in [3.05, 3.63) is 118 Å². The molecule has 0 saturated heterocycles. The molecule has 0 spiro atoms. The fourth-order valence-electron chi connectivity index (χ4n) is 6.71. The van der Waals surface area contributed by atoms with Gasteiger partial charge in [0.15, 0.2) is 0 Å². The number of ether oxygens (including phenoxy) is 4. The van der Waals surface area contributed by atoms with Gasteiger partial charge in [-0.05, 0) is 98.2 Å². The van der Waals surface area contributed by atoms with Gasteiger partial charge >= 0.3 is 5.97 Å². The zero-order valence-corrected chi connectivity index (χ0v) is 40.0. The Bertz CT molecular complexity index is 1580. The second-order valence-electron chi connectivity index (χ2n) is 17.1. The van der Waals surface area contributed by atoms with Gasteiger partial charge in [0.25, 0.3) is 8.32 Å². The fraction of sp³-hybridized carbons (Fsp3) is 0.510. The zero-order valence-electron chi connectivity index (χ0n) is 36.9. The molecule has 7 nitrogen and oxygen atoms in total. The summed E-state index contributed by atoms with van der Waals surface area (Å²) in [7, 11) is -1.14. The van der Waals surface area contributed by atoms with E-state index in [1.54, 1.807) is 0 Å². The fourth-order valence-corrected chi connectivity index (χ4v) is 11.8. The van der Waals surface area contributed by atoms with Crippen LogP contribution in [0.25, 0.3) is 0 Å². The number of benzene rings is 2. The Kier molecular flexibility index (Phi) is 23.9. The van der Waals surface area contributed by atoms with Gasteiger partial charge in [-0.3, -0.25) is 4.79 Å². The molecule has 0 aromatic heterocycles. The number of hydrogen-bond acceptors (Lipinski definition) is 7. The standard InChI is InChI=1S/C49H71IO7Si/c1-39(24-16-13-18-26-43(36-51)56-38-53-10)35-46(41(3)34-40(2)37-55-47(52)48(4,5)6)54-33-23-12-11-17-25-42(31-32-50)57-58(49(7,8)9,44-27-19-14-20-28-44)45-29-21-15-22-30-45/h12-16,19-24,27-32,34,36,41-43,46H,11,17-18,25-26,33,35,37-38H2,1-10H3/b16-13+,23-12+,32-31+,39-24+,40-34+/t41-,42+,43+,46-/m1/s1. The van der Waals surface area contributed by atoms with E-state index in [9.17, 15) is 9.59 Å². The largest absolute Gasteiger partial charge is 0.461 e. The van der Waals surface area contributed by atoms with Gasteiger partial charge in [0.2, 0.25) is 0 Å². The van der Waals surface area contributed by atoms with Crippen molar-refractivity contribution in [1.29, 1.82) is 0 Å². The number of esters is 1. The number of hydrogen-bond donors (Lipinski definition) is 0. The molecule has 4 atom stereocenters. The number of aldehydes is 1. The van der Waals surface area contributed by atoms with Crippen LogP contribution >= 0.6 is 22.6 Å². The number of methoxy groups -OCH3 is 1. The maximum Gasteiger partial charge on any atom is 0.311 e. The molecule has 0 fully saturated rings. The maximum absolute atomic E-state index is 12.4. The van der Waals surface area contributed by atoms with Gasteiger partial charge < -0.3 is 28.2 Å². The lowest BCUT2D eigenvalue weighted by Gasteiger charge is -2.44. The van der Waals surface area contributed by atoms with E-state index in [2.05, 4.69) is 152 Å². The number of carbonyl (C=O) groups excluding carboxylic acids is 2. The second-order valence-corrected chi connectivity index (χ2v) is 22.1. The molecule has 58 heavy (non-hydrogen) atoms. The second kappa shape index (κ2) is 27.0. The summed E-state index contributed by atoms with van der Waals surface area (Å²) in [5.41, 5.74) is 1.63. The van der Waals surface area contributed by atoms with Crippen molar-refractivity contribution < 1.29 is 33.0 Å². The van der Waals surface area contributed by atoms with Crippen molar-refractivity contribution in [3.63, 3.8) is 0 Å². The van der Waals surface area contributed by atoms with Crippen LogP contribution in [0.2, 0.25) is 5.04 Å². The third kappa shape index (κ3) is 18.1.